The predicted octanol–water partition coefficient (Wildman–Crippen LogP) is 5.11. The van der Waals surface area contributed by atoms with Crippen LogP contribution in [0.4, 0.5) is 26.3 Å². The van der Waals surface area contributed by atoms with Crippen LogP contribution in [0.5, 0.6) is 0 Å². The molecule has 1 aliphatic heterocycles. The molecule has 1 N–H and O–H groups in total. The monoisotopic (exact) mass is 382 g/mol. The first-order valence-electron chi connectivity index (χ1n) is 8.73. The summed E-state index contributed by atoms with van der Waals surface area (Å²) in [7, 11) is 0. The van der Waals surface area contributed by atoms with Gasteiger partial charge in [0.05, 0.1) is 11.1 Å². The Kier molecular flexibility index (Phi) is 6.60. The van der Waals surface area contributed by atoms with Crippen LogP contribution in [0.1, 0.15) is 49.4 Å². The van der Waals surface area contributed by atoms with Crippen LogP contribution in [-0.2, 0) is 12.4 Å². The van der Waals surface area contributed by atoms with Gasteiger partial charge in [0.1, 0.15) is 0 Å². The van der Waals surface area contributed by atoms with Crippen molar-refractivity contribution in [3.8, 4) is 0 Å². The minimum atomic E-state index is -4.83. The Balaban J connectivity index is 2.47. The third-order valence-corrected chi connectivity index (χ3v) is 4.65. The highest BCUT2D eigenvalue weighted by atomic mass is 19.4. The second-order valence-electron chi connectivity index (χ2n) is 7.07. The molecular weight excluding hydrogens is 358 g/mol. The average Bonchev–Trinajstić information content (AvgIpc) is 2.54. The Hall–Kier alpha value is -1.28. The summed E-state index contributed by atoms with van der Waals surface area (Å²) >= 11 is 0. The lowest BCUT2D eigenvalue weighted by Gasteiger charge is -2.37. The zero-order valence-corrected chi connectivity index (χ0v) is 14.8. The normalized spacial score (nSPS) is 18.3. The highest BCUT2D eigenvalue weighted by Gasteiger charge is 2.40. The van der Waals surface area contributed by atoms with Crippen LogP contribution in [-0.4, -0.2) is 31.1 Å². The van der Waals surface area contributed by atoms with E-state index < -0.39 is 29.5 Å². The molecule has 148 valence electrons. The van der Waals surface area contributed by atoms with Crippen LogP contribution in [0.15, 0.2) is 18.2 Å². The van der Waals surface area contributed by atoms with E-state index in [4.69, 9.17) is 0 Å². The fraction of sp³-hybridized carbons (Fsp3) is 0.667. The molecule has 1 atom stereocenters. The third-order valence-electron chi connectivity index (χ3n) is 4.65. The maximum atomic E-state index is 13.5. The number of hydrogen-bond acceptors (Lipinski definition) is 2. The van der Waals surface area contributed by atoms with Crippen molar-refractivity contribution in [2.24, 2.45) is 5.92 Å². The molecule has 1 fully saturated rings. The van der Waals surface area contributed by atoms with Gasteiger partial charge in [0.15, 0.2) is 0 Å². The lowest BCUT2D eigenvalue weighted by molar-refractivity contribution is -0.143. The van der Waals surface area contributed by atoms with E-state index in [1.807, 2.05) is 18.7 Å². The van der Waals surface area contributed by atoms with Gasteiger partial charge >= 0.3 is 12.4 Å². The lowest BCUT2D eigenvalue weighted by Crippen LogP contribution is -2.45. The summed E-state index contributed by atoms with van der Waals surface area (Å²) in [6, 6.07) is 1.48. The Morgan fingerprint density at radius 2 is 1.58 bits per heavy atom. The molecule has 8 heteroatoms. The lowest BCUT2D eigenvalue weighted by atomic mass is 9.91. The molecule has 0 bridgehead atoms. The minimum absolute atomic E-state index is 0.0620. The van der Waals surface area contributed by atoms with Crippen molar-refractivity contribution >= 4 is 0 Å². The van der Waals surface area contributed by atoms with Crippen molar-refractivity contribution in [2.45, 2.75) is 45.1 Å². The van der Waals surface area contributed by atoms with Crippen LogP contribution in [0.25, 0.3) is 0 Å². The molecular formula is C18H24F6N2. The summed E-state index contributed by atoms with van der Waals surface area (Å²) in [5.74, 6) is 0.296. The standard InChI is InChI=1S/C18H24F6N2/c1-12(2)3-6-16(26-9-7-25-8-10-26)14-5-4-13(17(19,20)21)11-15(14)18(22,23)24/h4-5,11-12,16,25H,3,6-10H2,1-2H3/t16-/m0/s1. The van der Waals surface area contributed by atoms with Gasteiger partial charge in [-0.05, 0) is 36.5 Å². The molecule has 0 saturated carbocycles. The second kappa shape index (κ2) is 8.17. The van der Waals surface area contributed by atoms with Gasteiger partial charge in [0.25, 0.3) is 0 Å². The molecule has 0 unspecified atom stereocenters. The topological polar surface area (TPSA) is 15.3 Å². The molecule has 0 aromatic heterocycles. The van der Waals surface area contributed by atoms with Gasteiger partial charge < -0.3 is 5.32 Å². The Bertz CT molecular complexity index is 588. The smallest absolute Gasteiger partial charge is 0.314 e. The average molecular weight is 382 g/mol. The van der Waals surface area contributed by atoms with E-state index in [0.717, 1.165) is 12.1 Å². The molecule has 0 radical (unpaired) electrons. The van der Waals surface area contributed by atoms with E-state index in [9.17, 15) is 26.3 Å². The van der Waals surface area contributed by atoms with Crippen LogP contribution in [0.3, 0.4) is 0 Å². The van der Waals surface area contributed by atoms with Crippen molar-refractivity contribution in [2.75, 3.05) is 26.2 Å². The maximum absolute atomic E-state index is 13.5. The second-order valence-corrected chi connectivity index (χ2v) is 7.07. The number of nitrogens with one attached hydrogen (secondary N) is 1. The maximum Gasteiger partial charge on any atom is 0.416 e. The molecule has 2 nitrogen and oxygen atoms in total. The Morgan fingerprint density at radius 1 is 0.962 bits per heavy atom. The van der Waals surface area contributed by atoms with E-state index in [2.05, 4.69) is 5.32 Å². The minimum Gasteiger partial charge on any atom is -0.314 e. The predicted molar refractivity (Wildman–Crippen MR) is 87.7 cm³/mol. The summed E-state index contributed by atoms with van der Waals surface area (Å²) in [4.78, 5) is 1.94. The number of halogens is 6. The van der Waals surface area contributed by atoms with Crippen LogP contribution in [0.2, 0.25) is 0 Å². The van der Waals surface area contributed by atoms with Gasteiger partial charge in [-0.25, -0.2) is 0 Å². The Morgan fingerprint density at radius 3 is 2.08 bits per heavy atom. The summed E-state index contributed by atoms with van der Waals surface area (Å²) in [6.07, 6.45) is -8.46. The van der Waals surface area contributed by atoms with E-state index in [1.165, 1.54) is 0 Å². The van der Waals surface area contributed by atoms with Crippen molar-refractivity contribution < 1.29 is 26.3 Å². The van der Waals surface area contributed by atoms with Gasteiger partial charge in [-0.2, -0.15) is 26.3 Å². The largest absolute Gasteiger partial charge is 0.416 e. The van der Waals surface area contributed by atoms with Crippen molar-refractivity contribution in [3.05, 3.63) is 34.9 Å². The summed E-state index contributed by atoms with van der Waals surface area (Å²) < 4.78 is 79.4. The van der Waals surface area contributed by atoms with Crippen molar-refractivity contribution in [3.63, 3.8) is 0 Å². The van der Waals surface area contributed by atoms with Gasteiger partial charge in [-0.1, -0.05) is 19.9 Å². The molecule has 26 heavy (non-hydrogen) atoms. The van der Waals surface area contributed by atoms with Crippen LogP contribution in [0, 0.1) is 5.92 Å². The summed E-state index contributed by atoms with van der Waals surface area (Å²) in [5.41, 5.74) is -2.51. The Labute approximate surface area is 149 Å². The molecule has 2 rings (SSSR count). The zero-order valence-electron chi connectivity index (χ0n) is 14.8. The highest BCUT2D eigenvalue weighted by Crippen LogP contribution is 2.41. The van der Waals surface area contributed by atoms with E-state index in [0.29, 0.717) is 44.9 Å². The molecule has 1 aliphatic rings. The molecule has 1 aromatic rings. The van der Waals surface area contributed by atoms with Crippen LogP contribution < -0.4 is 5.32 Å². The molecule has 1 heterocycles. The first kappa shape index (κ1) is 21.0. The quantitative estimate of drug-likeness (QED) is 0.713. The molecule has 1 aromatic carbocycles. The number of piperazine rings is 1. The van der Waals surface area contributed by atoms with Gasteiger partial charge in [-0.15, -0.1) is 0 Å². The fourth-order valence-electron chi connectivity index (χ4n) is 3.29. The fourth-order valence-corrected chi connectivity index (χ4v) is 3.29. The third kappa shape index (κ3) is 5.36. The number of alkyl halides is 6. The number of nitrogens with zero attached hydrogens (tertiary/aromatic N) is 1. The van der Waals surface area contributed by atoms with Gasteiger partial charge in [0, 0.05) is 32.2 Å². The van der Waals surface area contributed by atoms with Crippen molar-refractivity contribution in [1.82, 2.24) is 10.2 Å². The van der Waals surface area contributed by atoms with Crippen molar-refractivity contribution in [1.29, 1.82) is 0 Å². The van der Waals surface area contributed by atoms with Crippen LogP contribution >= 0.6 is 0 Å². The zero-order chi connectivity index (χ0) is 19.5. The molecule has 0 spiro atoms. The van der Waals surface area contributed by atoms with E-state index >= 15 is 0 Å². The molecule has 0 amide bonds. The summed E-state index contributed by atoms with van der Waals surface area (Å²) in [6.45, 7) is 6.40. The van der Waals surface area contributed by atoms with Gasteiger partial charge in [-0.3, -0.25) is 4.90 Å². The first-order valence-corrected chi connectivity index (χ1v) is 8.73. The molecule has 1 saturated heterocycles. The summed E-state index contributed by atoms with van der Waals surface area (Å²) in [5, 5.41) is 3.15. The van der Waals surface area contributed by atoms with E-state index in [1.54, 1.807) is 0 Å². The van der Waals surface area contributed by atoms with Gasteiger partial charge in [0.2, 0.25) is 0 Å². The van der Waals surface area contributed by atoms with E-state index in [-0.39, 0.29) is 11.6 Å². The number of rotatable bonds is 5. The highest BCUT2D eigenvalue weighted by molar-refractivity contribution is 5.37. The molecule has 0 aliphatic carbocycles. The first-order chi connectivity index (χ1) is 12.0. The number of benzene rings is 1. The number of hydrogen-bond donors (Lipinski definition) is 1. The SMILES string of the molecule is CC(C)CC[C@@H](c1ccc(C(F)(F)F)cc1C(F)(F)F)N1CCNCC1.